The molecule has 1 aromatic heterocycles. The van der Waals surface area contributed by atoms with Crippen molar-refractivity contribution in [2.75, 3.05) is 0 Å². The molecule has 1 aliphatic carbocycles. The van der Waals surface area contributed by atoms with Crippen molar-refractivity contribution in [1.29, 1.82) is 0 Å². The number of aliphatic hydroxyl groups excluding tert-OH is 1. The number of aryl methyl sites for hydroxylation is 1. The Morgan fingerprint density at radius 1 is 1.56 bits per heavy atom. The quantitative estimate of drug-likeness (QED) is 0.642. The fourth-order valence-corrected chi connectivity index (χ4v) is 2.29. The van der Waals surface area contributed by atoms with Crippen LogP contribution in [0.5, 0.6) is 0 Å². The highest BCUT2D eigenvalue weighted by molar-refractivity contribution is 5.41. The lowest BCUT2D eigenvalue weighted by molar-refractivity contribution is -0.386. The zero-order valence-electron chi connectivity index (χ0n) is 11.0. The molecule has 0 aliphatic heterocycles. The van der Waals surface area contributed by atoms with Gasteiger partial charge in [-0.15, -0.1) is 0 Å². The Hall–Kier alpha value is -1.43. The Morgan fingerprint density at radius 3 is 2.61 bits per heavy atom. The Labute approximate surface area is 106 Å². The summed E-state index contributed by atoms with van der Waals surface area (Å²) in [6, 6.07) is 0.0544. The third kappa shape index (κ3) is 2.38. The largest absolute Gasteiger partial charge is 0.392 e. The zero-order valence-corrected chi connectivity index (χ0v) is 11.0. The van der Waals surface area contributed by atoms with Crippen molar-refractivity contribution in [2.45, 2.75) is 52.2 Å². The number of aliphatic hydroxyl groups is 1. The minimum absolute atomic E-state index is 0.0544. The average molecular weight is 253 g/mol. The lowest BCUT2D eigenvalue weighted by atomic mass is 10.1. The number of hydrogen-bond acceptors (Lipinski definition) is 4. The maximum atomic E-state index is 11.1. The van der Waals surface area contributed by atoms with Gasteiger partial charge in [-0.2, -0.15) is 5.10 Å². The number of hydrogen-bond donors (Lipinski definition) is 1. The predicted molar refractivity (Wildman–Crippen MR) is 66.4 cm³/mol. The molecule has 1 aromatic rings. The molecule has 0 bridgehead atoms. The summed E-state index contributed by atoms with van der Waals surface area (Å²) in [6.45, 7) is 5.51. The average Bonchev–Trinajstić information content (AvgIpc) is 3.03. The molecule has 0 amide bonds. The van der Waals surface area contributed by atoms with E-state index < -0.39 is 11.0 Å². The van der Waals surface area contributed by atoms with Crippen LogP contribution in [0, 0.1) is 23.0 Å². The van der Waals surface area contributed by atoms with E-state index in [1.165, 1.54) is 0 Å². The zero-order chi connectivity index (χ0) is 13.4. The van der Waals surface area contributed by atoms with Crippen LogP contribution < -0.4 is 0 Å². The molecule has 1 atom stereocenters. The van der Waals surface area contributed by atoms with Crippen molar-refractivity contribution in [2.24, 2.45) is 5.92 Å². The highest BCUT2D eigenvalue weighted by Gasteiger charge is 2.34. The third-order valence-electron chi connectivity index (χ3n) is 3.39. The van der Waals surface area contributed by atoms with Crippen molar-refractivity contribution in [3.63, 3.8) is 0 Å². The van der Waals surface area contributed by atoms with Gasteiger partial charge in [-0.25, -0.2) is 0 Å². The summed E-state index contributed by atoms with van der Waals surface area (Å²) in [5, 5.41) is 25.3. The standard InChI is InChI=1S/C12H19N3O3/c1-7(2)14-10(6-11(16)9-4-5-9)12(15(17)18)8(3)13-14/h7,9,11,16H,4-6H2,1-3H3. The Balaban J connectivity index is 2.36. The molecule has 1 fully saturated rings. The molecule has 1 N–H and O–H groups in total. The molecule has 1 aliphatic rings. The predicted octanol–water partition coefficient (Wildman–Crippen LogP) is 1.99. The molecule has 6 nitrogen and oxygen atoms in total. The summed E-state index contributed by atoms with van der Waals surface area (Å²) < 4.78 is 1.67. The first-order valence-corrected chi connectivity index (χ1v) is 6.32. The normalized spacial score (nSPS) is 17.2. The van der Waals surface area contributed by atoms with Gasteiger partial charge in [-0.1, -0.05) is 0 Å². The Bertz CT molecular complexity index is 463. The van der Waals surface area contributed by atoms with Gasteiger partial charge in [-0.05, 0) is 39.5 Å². The molecule has 0 spiro atoms. The molecular weight excluding hydrogens is 234 g/mol. The molecule has 100 valence electrons. The maximum absolute atomic E-state index is 11.1. The van der Waals surface area contributed by atoms with E-state index in [0.717, 1.165) is 12.8 Å². The van der Waals surface area contributed by atoms with Crippen LogP contribution in [0.1, 0.15) is 44.1 Å². The van der Waals surface area contributed by atoms with Gasteiger partial charge in [0, 0.05) is 12.5 Å². The van der Waals surface area contributed by atoms with E-state index in [1.54, 1.807) is 11.6 Å². The van der Waals surface area contributed by atoms with E-state index in [-0.39, 0.29) is 11.7 Å². The molecule has 6 heteroatoms. The van der Waals surface area contributed by atoms with Crippen molar-refractivity contribution in [1.82, 2.24) is 9.78 Å². The summed E-state index contributed by atoms with van der Waals surface area (Å²) in [5.41, 5.74) is 1.03. The van der Waals surface area contributed by atoms with Crippen LogP contribution in [0.15, 0.2) is 0 Å². The number of nitro groups is 1. The van der Waals surface area contributed by atoms with Crippen LogP contribution in [0.2, 0.25) is 0 Å². The van der Waals surface area contributed by atoms with Crippen LogP contribution in [-0.4, -0.2) is 25.9 Å². The van der Waals surface area contributed by atoms with Crippen molar-refractivity contribution >= 4 is 5.69 Å². The number of rotatable bonds is 5. The van der Waals surface area contributed by atoms with Gasteiger partial charge < -0.3 is 5.11 Å². The van der Waals surface area contributed by atoms with E-state index in [0.29, 0.717) is 23.7 Å². The second-order valence-corrected chi connectivity index (χ2v) is 5.29. The van der Waals surface area contributed by atoms with Gasteiger partial charge in [0.25, 0.3) is 0 Å². The molecule has 0 saturated heterocycles. The fraction of sp³-hybridized carbons (Fsp3) is 0.750. The van der Waals surface area contributed by atoms with Gasteiger partial charge in [0.2, 0.25) is 0 Å². The van der Waals surface area contributed by atoms with Gasteiger partial charge >= 0.3 is 5.69 Å². The highest BCUT2D eigenvalue weighted by atomic mass is 16.6. The van der Waals surface area contributed by atoms with Gasteiger partial charge in [0.15, 0.2) is 0 Å². The molecule has 0 aromatic carbocycles. The molecule has 1 heterocycles. The second kappa shape index (κ2) is 4.68. The molecule has 1 saturated carbocycles. The lowest BCUT2D eigenvalue weighted by Crippen LogP contribution is -2.18. The van der Waals surface area contributed by atoms with Crippen molar-refractivity contribution in [3.05, 3.63) is 21.5 Å². The van der Waals surface area contributed by atoms with E-state index in [9.17, 15) is 15.2 Å². The van der Waals surface area contributed by atoms with Gasteiger partial charge in [0.05, 0.1) is 11.0 Å². The van der Waals surface area contributed by atoms with Crippen molar-refractivity contribution in [3.8, 4) is 0 Å². The minimum atomic E-state index is -0.489. The monoisotopic (exact) mass is 253 g/mol. The number of aromatic nitrogens is 2. The summed E-state index contributed by atoms with van der Waals surface area (Å²) in [7, 11) is 0. The fourth-order valence-electron chi connectivity index (χ4n) is 2.29. The third-order valence-corrected chi connectivity index (χ3v) is 3.39. The Kier molecular flexibility index (Phi) is 3.38. The SMILES string of the molecule is Cc1nn(C(C)C)c(CC(O)C2CC2)c1[N+](=O)[O-]. The lowest BCUT2D eigenvalue weighted by Gasteiger charge is -2.13. The first kappa shape index (κ1) is 13.0. The molecule has 0 radical (unpaired) electrons. The first-order chi connectivity index (χ1) is 8.41. The smallest absolute Gasteiger partial charge is 0.313 e. The van der Waals surface area contributed by atoms with Crippen LogP contribution in [-0.2, 0) is 6.42 Å². The van der Waals surface area contributed by atoms with E-state index >= 15 is 0 Å². The first-order valence-electron chi connectivity index (χ1n) is 6.32. The molecule has 18 heavy (non-hydrogen) atoms. The van der Waals surface area contributed by atoms with E-state index in [2.05, 4.69) is 5.10 Å². The van der Waals surface area contributed by atoms with Crippen LogP contribution in [0.25, 0.3) is 0 Å². The topological polar surface area (TPSA) is 81.2 Å². The Morgan fingerprint density at radius 2 is 2.17 bits per heavy atom. The van der Waals surface area contributed by atoms with Crippen molar-refractivity contribution < 1.29 is 10.0 Å². The minimum Gasteiger partial charge on any atom is -0.392 e. The number of nitrogens with zero attached hydrogens (tertiary/aromatic N) is 3. The van der Waals surface area contributed by atoms with Crippen LogP contribution in [0.4, 0.5) is 5.69 Å². The second-order valence-electron chi connectivity index (χ2n) is 5.29. The van der Waals surface area contributed by atoms with E-state index in [1.807, 2.05) is 13.8 Å². The van der Waals surface area contributed by atoms with E-state index in [4.69, 9.17) is 0 Å². The van der Waals surface area contributed by atoms with Gasteiger partial charge in [0.1, 0.15) is 11.4 Å². The van der Waals surface area contributed by atoms with Gasteiger partial charge in [-0.3, -0.25) is 14.8 Å². The molecule has 2 rings (SSSR count). The molecule has 1 unspecified atom stereocenters. The summed E-state index contributed by atoms with van der Waals surface area (Å²) in [4.78, 5) is 10.7. The van der Waals surface area contributed by atoms with Crippen LogP contribution >= 0.6 is 0 Å². The molecular formula is C12H19N3O3. The maximum Gasteiger partial charge on any atom is 0.313 e. The van der Waals surface area contributed by atoms with Crippen LogP contribution in [0.3, 0.4) is 0 Å². The highest BCUT2D eigenvalue weighted by Crippen LogP contribution is 2.36. The summed E-state index contributed by atoms with van der Waals surface area (Å²) >= 11 is 0. The summed E-state index contributed by atoms with van der Waals surface area (Å²) in [5.74, 6) is 0.306. The summed E-state index contributed by atoms with van der Waals surface area (Å²) in [6.07, 6.45) is 1.87.